The molecule has 0 bridgehead atoms. The van der Waals surface area contributed by atoms with Crippen molar-refractivity contribution in [2.45, 2.75) is 10.9 Å². The number of nitrogens with zero attached hydrogens (tertiary/aromatic N) is 2. The number of aromatic amines is 1. The zero-order chi connectivity index (χ0) is 12.3. The Balaban J connectivity index is 2.06. The smallest absolute Gasteiger partial charge is 0.423 e. The molecule has 1 aromatic heterocycles. The lowest BCUT2D eigenvalue weighted by Gasteiger charge is -2.04. The number of nitrogens with one attached hydrogen (secondary N) is 1. The van der Waals surface area contributed by atoms with Crippen molar-refractivity contribution >= 4 is 24.3 Å². The van der Waals surface area contributed by atoms with Gasteiger partial charge in [-0.1, -0.05) is 23.9 Å². The average molecular weight is 253 g/mol. The van der Waals surface area contributed by atoms with E-state index in [1.807, 2.05) is 0 Å². The second kappa shape index (κ2) is 5.30. The highest BCUT2D eigenvalue weighted by Gasteiger charge is 2.13. The second-order valence-corrected chi connectivity index (χ2v) is 4.27. The highest BCUT2D eigenvalue weighted by molar-refractivity contribution is 7.98. The third-order valence-electron chi connectivity index (χ3n) is 2.13. The fraction of sp³-hybridized carbons (Fsp3) is 0.111. The van der Waals surface area contributed by atoms with E-state index in [4.69, 9.17) is 10.0 Å². The van der Waals surface area contributed by atoms with Gasteiger partial charge in [-0.15, -0.1) is 0 Å². The van der Waals surface area contributed by atoms with Crippen LogP contribution in [0.3, 0.4) is 0 Å². The van der Waals surface area contributed by atoms with Crippen LogP contribution in [-0.4, -0.2) is 32.3 Å². The van der Waals surface area contributed by atoms with Crippen LogP contribution in [0.5, 0.6) is 0 Å². The van der Waals surface area contributed by atoms with Crippen LogP contribution < -0.4 is 5.46 Å². The largest absolute Gasteiger partial charge is 0.488 e. The maximum absolute atomic E-state index is 13.6. The summed E-state index contributed by atoms with van der Waals surface area (Å²) in [5.74, 6) is -0.0781. The minimum atomic E-state index is -1.65. The van der Waals surface area contributed by atoms with Crippen LogP contribution in [0.1, 0.15) is 5.56 Å². The van der Waals surface area contributed by atoms with E-state index in [1.54, 1.807) is 0 Å². The molecule has 0 spiro atoms. The Kier molecular flexibility index (Phi) is 3.77. The van der Waals surface area contributed by atoms with Gasteiger partial charge in [-0.25, -0.2) is 9.37 Å². The summed E-state index contributed by atoms with van der Waals surface area (Å²) in [6, 6.07) is 4.11. The number of thioether (sulfide) groups is 1. The molecule has 0 fully saturated rings. The zero-order valence-electron chi connectivity index (χ0n) is 8.67. The first-order valence-electron chi connectivity index (χ1n) is 4.79. The fourth-order valence-corrected chi connectivity index (χ4v) is 2.02. The fourth-order valence-electron chi connectivity index (χ4n) is 1.25. The lowest BCUT2D eigenvalue weighted by atomic mass is 9.80. The third-order valence-corrected chi connectivity index (χ3v) is 3.06. The maximum Gasteiger partial charge on any atom is 0.488 e. The van der Waals surface area contributed by atoms with Crippen molar-refractivity contribution in [1.29, 1.82) is 0 Å². The van der Waals surface area contributed by atoms with E-state index >= 15 is 0 Å². The van der Waals surface area contributed by atoms with Gasteiger partial charge >= 0.3 is 7.12 Å². The molecule has 8 heteroatoms. The van der Waals surface area contributed by atoms with Crippen LogP contribution in [0.2, 0.25) is 0 Å². The Hall–Kier alpha value is -1.38. The van der Waals surface area contributed by atoms with Crippen molar-refractivity contribution in [1.82, 2.24) is 15.2 Å². The number of hydrogen-bond donors (Lipinski definition) is 3. The predicted molar refractivity (Wildman–Crippen MR) is 62.2 cm³/mol. The van der Waals surface area contributed by atoms with E-state index in [0.29, 0.717) is 16.5 Å². The molecule has 2 aromatic rings. The molecule has 0 radical (unpaired) electrons. The van der Waals surface area contributed by atoms with Gasteiger partial charge in [0.2, 0.25) is 0 Å². The van der Waals surface area contributed by atoms with Crippen LogP contribution in [0.15, 0.2) is 29.7 Å². The number of halogens is 1. The van der Waals surface area contributed by atoms with Crippen LogP contribution >= 0.6 is 11.8 Å². The van der Waals surface area contributed by atoms with Gasteiger partial charge in [-0.05, 0) is 17.1 Å². The van der Waals surface area contributed by atoms with Gasteiger partial charge in [0.1, 0.15) is 12.1 Å². The molecule has 0 atom stereocenters. The molecule has 2 rings (SSSR count). The van der Waals surface area contributed by atoms with Gasteiger partial charge in [0.05, 0.1) is 0 Å². The van der Waals surface area contributed by atoms with Gasteiger partial charge in [0.15, 0.2) is 5.16 Å². The van der Waals surface area contributed by atoms with E-state index < -0.39 is 12.9 Å². The molecular formula is C9H9BFN3O2S. The van der Waals surface area contributed by atoms with Gasteiger partial charge in [0.25, 0.3) is 0 Å². The first-order chi connectivity index (χ1) is 8.16. The molecule has 0 amide bonds. The molecule has 1 aromatic carbocycles. The molecule has 0 aliphatic carbocycles. The number of hydrogen-bond acceptors (Lipinski definition) is 5. The Labute approximate surface area is 101 Å². The van der Waals surface area contributed by atoms with Gasteiger partial charge in [-0.3, -0.25) is 5.10 Å². The van der Waals surface area contributed by atoms with Crippen LogP contribution in [0.4, 0.5) is 4.39 Å². The lowest BCUT2D eigenvalue weighted by Crippen LogP contribution is -2.30. The van der Waals surface area contributed by atoms with Crippen molar-refractivity contribution in [3.8, 4) is 0 Å². The van der Waals surface area contributed by atoms with Crippen LogP contribution in [-0.2, 0) is 5.75 Å². The minimum Gasteiger partial charge on any atom is -0.423 e. The van der Waals surface area contributed by atoms with Gasteiger partial charge < -0.3 is 10.0 Å². The van der Waals surface area contributed by atoms with Gasteiger partial charge in [0, 0.05) is 5.75 Å². The SMILES string of the molecule is OB(O)c1ccc(CSc2ncn[nH]2)c(F)c1. The summed E-state index contributed by atoms with van der Waals surface area (Å²) < 4.78 is 13.6. The maximum atomic E-state index is 13.6. The molecule has 88 valence electrons. The van der Waals surface area contributed by atoms with Crippen molar-refractivity contribution in [2.75, 3.05) is 0 Å². The topological polar surface area (TPSA) is 82.0 Å². The molecule has 0 aliphatic rings. The summed E-state index contributed by atoms with van der Waals surface area (Å²) in [6.07, 6.45) is 1.38. The quantitative estimate of drug-likeness (QED) is 0.524. The predicted octanol–water partition coefficient (Wildman–Crippen LogP) is -0.0841. The summed E-state index contributed by atoms with van der Waals surface area (Å²) in [5.41, 5.74) is 0.603. The third kappa shape index (κ3) is 3.05. The monoisotopic (exact) mass is 253 g/mol. The molecule has 0 unspecified atom stereocenters. The second-order valence-electron chi connectivity index (χ2n) is 3.30. The number of benzene rings is 1. The van der Waals surface area contributed by atoms with E-state index in [-0.39, 0.29) is 5.46 Å². The highest BCUT2D eigenvalue weighted by Crippen LogP contribution is 2.19. The molecule has 0 saturated heterocycles. The number of rotatable bonds is 4. The summed E-state index contributed by atoms with van der Waals surface area (Å²) in [5, 5.41) is 24.7. The number of H-pyrrole nitrogens is 1. The molecule has 17 heavy (non-hydrogen) atoms. The first kappa shape index (κ1) is 12.1. The van der Waals surface area contributed by atoms with E-state index in [9.17, 15) is 4.39 Å². The Morgan fingerprint density at radius 3 is 2.82 bits per heavy atom. The molecule has 5 nitrogen and oxygen atoms in total. The zero-order valence-corrected chi connectivity index (χ0v) is 9.49. The summed E-state index contributed by atoms with van der Waals surface area (Å²) in [7, 11) is -1.65. The molecule has 3 N–H and O–H groups in total. The first-order valence-corrected chi connectivity index (χ1v) is 5.78. The van der Waals surface area contributed by atoms with Crippen LogP contribution in [0.25, 0.3) is 0 Å². The Morgan fingerprint density at radius 1 is 1.41 bits per heavy atom. The van der Waals surface area contributed by atoms with E-state index in [2.05, 4.69) is 15.2 Å². The average Bonchev–Trinajstić information content (AvgIpc) is 2.80. The summed E-state index contributed by atoms with van der Waals surface area (Å²) >= 11 is 1.31. The van der Waals surface area contributed by atoms with Crippen LogP contribution in [0, 0.1) is 5.82 Å². The normalized spacial score (nSPS) is 10.5. The molecule has 1 heterocycles. The number of aromatic nitrogens is 3. The standard InChI is InChI=1S/C9H9BFN3O2S/c11-8-3-7(10(15)16)2-1-6(8)4-17-9-12-5-13-14-9/h1-3,5,15-16H,4H2,(H,12,13,14). The van der Waals surface area contributed by atoms with Crippen molar-refractivity contribution < 1.29 is 14.4 Å². The van der Waals surface area contributed by atoms with Crippen molar-refractivity contribution in [2.24, 2.45) is 0 Å². The summed E-state index contributed by atoms with van der Waals surface area (Å²) in [4.78, 5) is 3.90. The minimum absolute atomic E-state index is 0.135. The van der Waals surface area contributed by atoms with Crippen molar-refractivity contribution in [3.63, 3.8) is 0 Å². The molecular weight excluding hydrogens is 244 g/mol. The summed E-state index contributed by atoms with van der Waals surface area (Å²) in [6.45, 7) is 0. The van der Waals surface area contributed by atoms with Gasteiger partial charge in [-0.2, -0.15) is 5.10 Å². The lowest BCUT2D eigenvalue weighted by molar-refractivity contribution is 0.425. The highest BCUT2D eigenvalue weighted by atomic mass is 32.2. The van der Waals surface area contributed by atoms with Crippen molar-refractivity contribution in [3.05, 3.63) is 35.9 Å². The molecule has 0 aliphatic heterocycles. The Morgan fingerprint density at radius 2 is 2.24 bits per heavy atom. The Bertz CT molecular complexity index is 495. The molecule has 0 saturated carbocycles. The van der Waals surface area contributed by atoms with E-state index in [1.165, 1.54) is 30.2 Å². The van der Waals surface area contributed by atoms with E-state index in [0.717, 1.165) is 6.07 Å².